The molecule has 36 heavy (non-hydrogen) atoms. The lowest BCUT2D eigenvalue weighted by molar-refractivity contribution is 0.0355. The van der Waals surface area contributed by atoms with Gasteiger partial charge in [0.25, 0.3) is 0 Å². The molecule has 2 aliphatic rings. The fourth-order valence-corrected chi connectivity index (χ4v) is 7.61. The first-order valence-electron chi connectivity index (χ1n) is 12.5. The minimum Gasteiger partial charge on any atom is -0.381 e. The quantitative estimate of drug-likeness (QED) is 0.490. The van der Waals surface area contributed by atoms with E-state index in [9.17, 15) is 8.42 Å². The molecule has 3 heterocycles. The number of ether oxygens (including phenoxy) is 1. The highest BCUT2D eigenvalue weighted by Crippen LogP contribution is 2.39. The van der Waals surface area contributed by atoms with E-state index in [1.165, 1.54) is 4.31 Å². The molecule has 2 fully saturated rings. The summed E-state index contributed by atoms with van der Waals surface area (Å²) < 4.78 is 49.8. The predicted octanol–water partition coefficient (Wildman–Crippen LogP) is 4.40. The Balaban J connectivity index is 1.39. The second-order valence-electron chi connectivity index (χ2n) is 9.85. The predicted molar refractivity (Wildman–Crippen MR) is 136 cm³/mol. The van der Waals surface area contributed by atoms with E-state index in [1.807, 2.05) is 43.3 Å². The summed E-state index contributed by atoms with van der Waals surface area (Å²) in [5.74, 6) is -0.383. The lowest BCUT2D eigenvalue weighted by Gasteiger charge is -2.39. The van der Waals surface area contributed by atoms with Crippen LogP contribution < -0.4 is 5.32 Å². The smallest absolute Gasteiger partial charge is 0.221 e. The highest BCUT2D eigenvalue weighted by molar-refractivity contribution is 7.89. The van der Waals surface area contributed by atoms with E-state index >= 15 is 4.39 Å². The summed E-state index contributed by atoms with van der Waals surface area (Å²) in [6, 6.07) is 14.4. The van der Waals surface area contributed by atoms with Gasteiger partial charge in [-0.15, -0.1) is 0 Å². The molecule has 5 rings (SSSR count). The first-order chi connectivity index (χ1) is 17.4. The topological polar surface area (TPSA) is 87.3 Å². The van der Waals surface area contributed by atoms with Crippen LogP contribution in [0.4, 0.5) is 4.39 Å². The first kappa shape index (κ1) is 25.1. The Morgan fingerprint density at radius 3 is 2.64 bits per heavy atom. The minimum atomic E-state index is -3.63. The summed E-state index contributed by atoms with van der Waals surface area (Å²) >= 11 is 0. The zero-order chi connectivity index (χ0) is 25.2. The van der Waals surface area contributed by atoms with Crippen LogP contribution in [-0.2, 0) is 33.4 Å². The van der Waals surface area contributed by atoms with Gasteiger partial charge in [-0.1, -0.05) is 42.5 Å². The van der Waals surface area contributed by atoms with E-state index < -0.39 is 20.8 Å². The SMILES string of the molecule is C[C@H]1CC[C@H](c2ccccc2)S(=O)(=O)N1Cc1ccc(C2(NCc3cnc[nH]3)CCOCC2)cc1F. The van der Waals surface area contributed by atoms with Crippen molar-refractivity contribution in [3.63, 3.8) is 0 Å². The number of hydrogen-bond donors (Lipinski definition) is 2. The van der Waals surface area contributed by atoms with Crippen LogP contribution in [0.2, 0.25) is 0 Å². The third-order valence-corrected chi connectivity index (χ3v) is 10.0. The van der Waals surface area contributed by atoms with Crippen molar-refractivity contribution < 1.29 is 17.5 Å². The lowest BCUT2D eigenvalue weighted by Crippen LogP contribution is -2.46. The maximum Gasteiger partial charge on any atom is 0.221 e. The van der Waals surface area contributed by atoms with E-state index in [0.717, 1.165) is 36.1 Å². The van der Waals surface area contributed by atoms with Crippen molar-refractivity contribution in [2.75, 3.05) is 13.2 Å². The Hall–Kier alpha value is -2.59. The molecule has 192 valence electrons. The zero-order valence-electron chi connectivity index (χ0n) is 20.5. The first-order valence-corrected chi connectivity index (χ1v) is 14.0. The summed E-state index contributed by atoms with van der Waals surface area (Å²) in [5, 5.41) is 3.00. The highest BCUT2D eigenvalue weighted by Gasteiger charge is 2.41. The Bertz CT molecular complexity index is 1260. The largest absolute Gasteiger partial charge is 0.381 e. The van der Waals surface area contributed by atoms with Gasteiger partial charge in [-0.2, -0.15) is 4.31 Å². The number of sulfonamides is 1. The van der Waals surface area contributed by atoms with Crippen LogP contribution in [0, 0.1) is 5.82 Å². The fraction of sp³-hybridized carbons (Fsp3) is 0.444. The Kier molecular flexibility index (Phi) is 7.25. The summed E-state index contributed by atoms with van der Waals surface area (Å²) in [7, 11) is -3.63. The van der Waals surface area contributed by atoms with E-state index in [4.69, 9.17) is 4.74 Å². The highest BCUT2D eigenvalue weighted by atomic mass is 32.2. The van der Waals surface area contributed by atoms with Crippen molar-refractivity contribution in [3.05, 3.63) is 89.3 Å². The van der Waals surface area contributed by atoms with Gasteiger partial charge >= 0.3 is 0 Å². The summed E-state index contributed by atoms with van der Waals surface area (Å²) in [5.41, 5.74) is 2.55. The average molecular weight is 513 g/mol. The van der Waals surface area contributed by atoms with E-state index in [1.54, 1.807) is 24.7 Å². The van der Waals surface area contributed by atoms with Gasteiger partial charge in [0, 0.05) is 55.3 Å². The number of imidazole rings is 1. The van der Waals surface area contributed by atoms with Gasteiger partial charge in [-0.3, -0.25) is 0 Å². The molecule has 0 amide bonds. The number of aromatic nitrogens is 2. The minimum absolute atomic E-state index is 0.0244. The Labute approximate surface area is 212 Å². The Morgan fingerprint density at radius 1 is 1.17 bits per heavy atom. The molecule has 0 saturated carbocycles. The molecule has 9 heteroatoms. The molecule has 1 aromatic heterocycles. The standard InChI is InChI=1S/C27H33FN4O3S/c1-20-7-10-26(21-5-3-2-4-6-21)36(33,34)32(20)18-22-8-9-23(15-25(22)28)27(11-13-35-14-12-27)31-17-24-16-29-19-30-24/h2-6,8-9,15-16,19-20,26,31H,7,10-14,17-18H2,1H3,(H,29,30)/t20-,26+/m0/s1. The van der Waals surface area contributed by atoms with Crippen molar-refractivity contribution >= 4 is 10.0 Å². The second kappa shape index (κ2) is 10.4. The van der Waals surface area contributed by atoms with Crippen molar-refractivity contribution in [1.82, 2.24) is 19.6 Å². The third kappa shape index (κ3) is 4.98. The van der Waals surface area contributed by atoms with E-state index in [-0.39, 0.29) is 18.4 Å². The van der Waals surface area contributed by atoms with Crippen molar-refractivity contribution in [2.24, 2.45) is 0 Å². The van der Waals surface area contributed by atoms with E-state index in [2.05, 4.69) is 15.3 Å². The fourth-order valence-electron chi connectivity index (χ4n) is 5.43. The molecule has 3 aromatic rings. The lowest BCUT2D eigenvalue weighted by atomic mass is 9.82. The number of benzene rings is 2. The molecule has 2 aromatic carbocycles. The van der Waals surface area contributed by atoms with Crippen LogP contribution in [0.5, 0.6) is 0 Å². The van der Waals surface area contributed by atoms with Gasteiger partial charge in [-0.05, 0) is 49.8 Å². The third-order valence-electron chi connectivity index (χ3n) is 7.65. The van der Waals surface area contributed by atoms with Gasteiger partial charge in [0.15, 0.2) is 0 Å². The van der Waals surface area contributed by atoms with Crippen LogP contribution in [0.25, 0.3) is 0 Å². The molecule has 2 atom stereocenters. The molecule has 0 radical (unpaired) electrons. The number of hydrogen-bond acceptors (Lipinski definition) is 5. The van der Waals surface area contributed by atoms with Gasteiger partial charge in [0.2, 0.25) is 10.0 Å². The summed E-state index contributed by atoms with van der Waals surface area (Å²) in [4.78, 5) is 7.17. The summed E-state index contributed by atoms with van der Waals surface area (Å²) in [6.07, 6.45) is 6.15. The van der Waals surface area contributed by atoms with Gasteiger partial charge < -0.3 is 15.0 Å². The monoisotopic (exact) mass is 512 g/mol. The molecule has 0 spiro atoms. The number of aromatic amines is 1. The van der Waals surface area contributed by atoms with Crippen LogP contribution in [-0.4, -0.2) is 41.9 Å². The van der Waals surface area contributed by atoms with Crippen molar-refractivity contribution in [1.29, 1.82) is 0 Å². The van der Waals surface area contributed by atoms with Gasteiger partial charge in [-0.25, -0.2) is 17.8 Å². The number of H-pyrrole nitrogens is 1. The molecule has 0 unspecified atom stereocenters. The molecular weight excluding hydrogens is 479 g/mol. The van der Waals surface area contributed by atoms with Gasteiger partial charge in [0.05, 0.1) is 6.33 Å². The molecule has 7 nitrogen and oxygen atoms in total. The normalized spacial score (nSPS) is 23.9. The molecule has 0 bridgehead atoms. The summed E-state index contributed by atoms with van der Waals surface area (Å²) in [6.45, 7) is 3.68. The van der Waals surface area contributed by atoms with Gasteiger partial charge in [0.1, 0.15) is 11.1 Å². The second-order valence-corrected chi connectivity index (χ2v) is 11.9. The van der Waals surface area contributed by atoms with Crippen LogP contribution in [0.15, 0.2) is 61.1 Å². The van der Waals surface area contributed by atoms with Crippen molar-refractivity contribution in [3.8, 4) is 0 Å². The Morgan fingerprint density at radius 2 is 1.94 bits per heavy atom. The number of halogens is 1. The van der Waals surface area contributed by atoms with Crippen molar-refractivity contribution in [2.45, 2.75) is 62.5 Å². The molecule has 2 N–H and O–H groups in total. The molecule has 2 saturated heterocycles. The number of rotatable bonds is 7. The van der Waals surface area contributed by atoms with E-state index in [0.29, 0.717) is 31.7 Å². The van der Waals surface area contributed by atoms with Crippen LogP contribution >= 0.6 is 0 Å². The maximum absolute atomic E-state index is 15.5. The molecule has 0 aliphatic carbocycles. The molecule has 2 aliphatic heterocycles. The zero-order valence-corrected chi connectivity index (χ0v) is 21.3. The maximum atomic E-state index is 15.5. The average Bonchev–Trinajstić information content (AvgIpc) is 3.41. The number of nitrogens with one attached hydrogen (secondary N) is 2. The van der Waals surface area contributed by atoms with Crippen LogP contribution in [0.3, 0.4) is 0 Å². The molecular formula is C27H33FN4O3S. The van der Waals surface area contributed by atoms with Crippen LogP contribution in [0.1, 0.15) is 60.2 Å². The number of nitrogens with zero attached hydrogens (tertiary/aromatic N) is 2.